The SMILES string of the molecule is COc1ccc(CN(c2ccncn2)S(=O)(=O)c2cc(F)c(O[C@H]3CCCCC3c3ccnnc3N)cc2F)c(OC)c1. The molecular formula is C29H30F2N6O5S. The maximum absolute atomic E-state index is 15.7. The molecular weight excluding hydrogens is 582 g/mol. The van der Waals surface area contributed by atoms with Gasteiger partial charge in [-0.15, -0.1) is 5.10 Å². The van der Waals surface area contributed by atoms with Crippen molar-refractivity contribution < 1.29 is 31.4 Å². The molecule has 14 heteroatoms. The van der Waals surface area contributed by atoms with E-state index in [1.54, 1.807) is 24.3 Å². The van der Waals surface area contributed by atoms with Gasteiger partial charge in [0.15, 0.2) is 11.6 Å². The van der Waals surface area contributed by atoms with Crippen molar-refractivity contribution in [1.29, 1.82) is 0 Å². The monoisotopic (exact) mass is 612 g/mol. The van der Waals surface area contributed by atoms with Crippen molar-refractivity contribution in [1.82, 2.24) is 20.2 Å². The van der Waals surface area contributed by atoms with Gasteiger partial charge in [0.25, 0.3) is 10.0 Å². The standard InChI is InChI=1S/C29H30F2N6O5S/c1-40-19-8-7-18(25(13-19)41-2)16-37(28-10-11-33-17-34-28)43(38,39)27-15-22(30)26(14-23(27)31)42-24-6-4-3-5-20(24)21-9-12-35-36-29(21)32/h7-15,17,20,24H,3-6,16H2,1-2H3,(H2,32,36)/t20?,24-/m0/s1. The van der Waals surface area contributed by atoms with Crippen molar-refractivity contribution in [2.45, 2.75) is 49.1 Å². The predicted molar refractivity (Wildman–Crippen MR) is 153 cm³/mol. The van der Waals surface area contributed by atoms with Crippen LogP contribution in [0.1, 0.15) is 42.7 Å². The number of ether oxygens (including phenoxy) is 3. The van der Waals surface area contributed by atoms with Crippen LogP contribution in [0.15, 0.2) is 66.1 Å². The first-order valence-corrected chi connectivity index (χ1v) is 14.9. The number of hydrogen-bond donors (Lipinski definition) is 1. The number of nitrogens with zero attached hydrogens (tertiary/aromatic N) is 5. The summed E-state index contributed by atoms with van der Waals surface area (Å²) in [5.74, 6) is -1.83. The van der Waals surface area contributed by atoms with Crippen LogP contribution in [0, 0.1) is 11.6 Å². The molecule has 226 valence electrons. The van der Waals surface area contributed by atoms with Gasteiger partial charge in [-0.25, -0.2) is 31.5 Å². The van der Waals surface area contributed by atoms with Crippen LogP contribution in [-0.4, -0.2) is 48.9 Å². The van der Waals surface area contributed by atoms with E-state index in [4.69, 9.17) is 19.9 Å². The highest BCUT2D eigenvalue weighted by molar-refractivity contribution is 7.92. The number of methoxy groups -OCH3 is 2. The molecule has 0 bridgehead atoms. The Kier molecular flexibility index (Phi) is 8.85. The van der Waals surface area contributed by atoms with Gasteiger partial charge >= 0.3 is 0 Å². The highest BCUT2D eigenvalue weighted by atomic mass is 32.2. The normalized spacial score (nSPS) is 16.8. The number of aromatic nitrogens is 4. The van der Waals surface area contributed by atoms with E-state index in [9.17, 15) is 8.42 Å². The summed E-state index contributed by atoms with van der Waals surface area (Å²) in [6.45, 7) is -0.309. The van der Waals surface area contributed by atoms with E-state index in [1.165, 1.54) is 32.7 Å². The van der Waals surface area contributed by atoms with Crippen molar-refractivity contribution in [3.63, 3.8) is 0 Å². The molecule has 0 amide bonds. The lowest BCUT2D eigenvalue weighted by atomic mass is 9.82. The molecule has 1 fully saturated rings. The molecule has 1 aliphatic carbocycles. The molecule has 4 aromatic rings. The number of sulfonamides is 1. The van der Waals surface area contributed by atoms with Crippen LogP contribution in [0.4, 0.5) is 20.4 Å². The molecule has 1 saturated carbocycles. The Labute approximate surface area is 247 Å². The zero-order chi connectivity index (χ0) is 30.6. The van der Waals surface area contributed by atoms with E-state index in [0.717, 1.165) is 29.5 Å². The minimum atomic E-state index is -4.70. The van der Waals surface area contributed by atoms with Crippen molar-refractivity contribution in [2.75, 3.05) is 24.3 Å². The summed E-state index contributed by atoms with van der Waals surface area (Å²) in [6, 6.07) is 9.29. The maximum atomic E-state index is 15.7. The number of benzene rings is 2. The van der Waals surface area contributed by atoms with Gasteiger partial charge in [-0.1, -0.05) is 6.42 Å². The fourth-order valence-electron chi connectivity index (χ4n) is 5.20. The third-order valence-corrected chi connectivity index (χ3v) is 9.11. The van der Waals surface area contributed by atoms with E-state index in [2.05, 4.69) is 20.2 Å². The third kappa shape index (κ3) is 6.28. The molecule has 2 aromatic carbocycles. The van der Waals surface area contributed by atoms with E-state index >= 15 is 8.78 Å². The molecule has 1 unspecified atom stereocenters. The van der Waals surface area contributed by atoms with E-state index < -0.39 is 38.4 Å². The highest BCUT2D eigenvalue weighted by Crippen LogP contribution is 2.39. The number of nitrogen functional groups attached to an aromatic ring is 1. The Morgan fingerprint density at radius 1 is 0.977 bits per heavy atom. The third-order valence-electron chi connectivity index (χ3n) is 7.35. The van der Waals surface area contributed by atoms with Gasteiger partial charge < -0.3 is 19.9 Å². The molecule has 2 heterocycles. The molecule has 1 aliphatic rings. The van der Waals surface area contributed by atoms with E-state index in [0.29, 0.717) is 41.5 Å². The lowest BCUT2D eigenvalue weighted by molar-refractivity contribution is 0.124. The zero-order valence-electron chi connectivity index (χ0n) is 23.5. The van der Waals surface area contributed by atoms with Gasteiger partial charge in [-0.3, -0.25) is 0 Å². The molecule has 2 aromatic heterocycles. The molecule has 0 aliphatic heterocycles. The Balaban J connectivity index is 1.49. The lowest BCUT2D eigenvalue weighted by Crippen LogP contribution is -2.32. The summed E-state index contributed by atoms with van der Waals surface area (Å²) in [7, 11) is -1.80. The Bertz CT molecular complexity index is 1700. The molecule has 2 N–H and O–H groups in total. The number of hydrogen-bond acceptors (Lipinski definition) is 10. The average Bonchev–Trinajstić information content (AvgIpc) is 3.02. The summed E-state index contributed by atoms with van der Waals surface area (Å²) in [5, 5.41) is 7.68. The first kappa shape index (κ1) is 29.9. The van der Waals surface area contributed by atoms with Crippen LogP contribution in [0.5, 0.6) is 17.2 Å². The van der Waals surface area contributed by atoms with Crippen LogP contribution in [0.3, 0.4) is 0 Å². The van der Waals surface area contributed by atoms with Crippen molar-refractivity contribution in [2.24, 2.45) is 0 Å². The first-order valence-electron chi connectivity index (χ1n) is 13.4. The summed E-state index contributed by atoms with van der Waals surface area (Å²) >= 11 is 0. The Morgan fingerprint density at radius 3 is 2.51 bits per heavy atom. The van der Waals surface area contributed by atoms with Crippen LogP contribution < -0.4 is 24.2 Å². The topological polar surface area (TPSA) is 143 Å². The number of nitrogens with two attached hydrogens (primary N) is 1. The summed E-state index contributed by atoms with van der Waals surface area (Å²) in [5.41, 5.74) is 7.18. The lowest BCUT2D eigenvalue weighted by Gasteiger charge is -2.32. The molecule has 43 heavy (non-hydrogen) atoms. The van der Waals surface area contributed by atoms with Crippen LogP contribution in [0.25, 0.3) is 0 Å². The fraction of sp³-hybridized carbons (Fsp3) is 0.310. The van der Waals surface area contributed by atoms with Gasteiger partial charge in [-0.05, 0) is 37.5 Å². The molecule has 0 spiro atoms. The van der Waals surface area contributed by atoms with Crippen LogP contribution in [0.2, 0.25) is 0 Å². The minimum absolute atomic E-state index is 0.0541. The Morgan fingerprint density at radius 2 is 1.79 bits per heavy atom. The number of halogens is 2. The first-order chi connectivity index (χ1) is 20.7. The number of rotatable bonds is 10. The van der Waals surface area contributed by atoms with Gasteiger partial charge in [-0.2, -0.15) is 5.10 Å². The van der Waals surface area contributed by atoms with Crippen molar-refractivity contribution >= 4 is 21.7 Å². The minimum Gasteiger partial charge on any atom is -0.497 e. The van der Waals surface area contributed by atoms with Gasteiger partial charge in [0.2, 0.25) is 0 Å². The van der Waals surface area contributed by atoms with Gasteiger partial charge in [0, 0.05) is 47.5 Å². The molecule has 5 rings (SSSR count). The zero-order valence-corrected chi connectivity index (χ0v) is 24.3. The second kappa shape index (κ2) is 12.7. The van der Waals surface area contributed by atoms with Crippen LogP contribution in [-0.2, 0) is 16.6 Å². The molecule has 11 nitrogen and oxygen atoms in total. The second-order valence-electron chi connectivity index (χ2n) is 9.89. The fourth-order valence-corrected chi connectivity index (χ4v) is 6.66. The van der Waals surface area contributed by atoms with Gasteiger partial charge in [0.05, 0.1) is 27.0 Å². The van der Waals surface area contributed by atoms with Crippen LogP contribution >= 0.6 is 0 Å². The Hall–Kier alpha value is -4.59. The predicted octanol–water partition coefficient (Wildman–Crippen LogP) is 4.64. The van der Waals surface area contributed by atoms with Gasteiger partial charge in [0.1, 0.15) is 46.3 Å². The van der Waals surface area contributed by atoms with E-state index in [1.807, 2.05) is 0 Å². The molecule has 0 radical (unpaired) electrons. The number of anilines is 2. The highest BCUT2D eigenvalue weighted by Gasteiger charge is 2.34. The smallest absolute Gasteiger partial charge is 0.268 e. The quantitative estimate of drug-likeness (QED) is 0.269. The van der Waals surface area contributed by atoms with Crippen molar-refractivity contribution in [3.8, 4) is 17.2 Å². The largest absolute Gasteiger partial charge is 0.497 e. The molecule has 0 saturated heterocycles. The summed E-state index contributed by atoms with van der Waals surface area (Å²) in [6.07, 6.45) is 6.48. The average molecular weight is 613 g/mol. The second-order valence-corrected chi connectivity index (χ2v) is 11.7. The molecule has 2 atom stereocenters. The summed E-state index contributed by atoms with van der Waals surface area (Å²) < 4.78 is 76.5. The van der Waals surface area contributed by atoms with Crippen molar-refractivity contribution in [3.05, 3.63) is 83.9 Å². The van der Waals surface area contributed by atoms with E-state index in [-0.39, 0.29) is 24.1 Å². The maximum Gasteiger partial charge on any atom is 0.268 e. The summed E-state index contributed by atoms with van der Waals surface area (Å²) in [4.78, 5) is 7.01.